The number of rotatable bonds is 9. The number of hydrogen-bond acceptors (Lipinski definition) is 19. The molecule has 4 saturated carbocycles. The van der Waals surface area contributed by atoms with Gasteiger partial charge in [0.05, 0.1) is 32.0 Å². The Morgan fingerprint density at radius 3 is 1.78 bits per heavy atom. The quantitative estimate of drug-likeness (QED) is 0.0758. The molecule has 5 aliphatic carbocycles. The average molecular weight is 959 g/mol. The zero-order chi connectivity index (χ0) is 49.1. The van der Waals surface area contributed by atoms with Crippen molar-refractivity contribution in [2.45, 2.75) is 211 Å². The van der Waals surface area contributed by atoms with Crippen LogP contribution in [-0.2, 0) is 33.2 Å². The first-order valence-electron chi connectivity index (χ1n) is 24.4. The Bertz CT molecular complexity index is 1830. The number of carbonyl (C=O) groups is 1. The van der Waals surface area contributed by atoms with E-state index in [1.54, 1.807) is 0 Å². The van der Waals surface area contributed by atoms with Crippen LogP contribution in [0, 0.1) is 50.2 Å². The van der Waals surface area contributed by atoms with E-state index in [1.807, 2.05) is 0 Å². The summed E-state index contributed by atoms with van der Waals surface area (Å²) < 4.78 is 35.5. The summed E-state index contributed by atoms with van der Waals surface area (Å²) >= 11 is 0. The Morgan fingerprint density at radius 2 is 1.16 bits per heavy atom. The van der Waals surface area contributed by atoms with E-state index in [-0.39, 0.29) is 34.5 Å². The van der Waals surface area contributed by atoms with Crippen LogP contribution < -0.4 is 0 Å². The fourth-order valence-electron chi connectivity index (χ4n) is 15.1. The maximum atomic E-state index is 14.7. The molecule has 19 nitrogen and oxygen atoms in total. The molecule has 384 valence electrons. The number of allylic oxidation sites excluding steroid dienone is 2. The summed E-state index contributed by atoms with van der Waals surface area (Å²) in [6.45, 7) is 13.5. The van der Waals surface area contributed by atoms with Crippen molar-refractivity contribution in [1.82, 2.24) is 0 Å². The largest absolute Gasteiger partial charge is 0.432 e. The van der Waals surface area contributed by atoms with Gasteiger partial charge in [-0.25, -0.2) is 0 Å². The molecule has 12 N–H and O–H groups in total. The number of hydrogen-bond donors (Lipinski definition) is 12. The van der Waals surface area contributed by atoms with Gasteiger partial charge in [-0.3, -0.25) is 4.79 Å². The first-order valence-corrected chi connectivity index (χ1v) is 24.4. The standard InChI is InChI=1S/C48H78O19/c1-43(2)14-15-48(42(61)67-41-36(59)33(56)31(54)24(19-50)63-41)22(16-43)21-8-9-27-45(5)12-11-29(44(3,4)26(45)10-13-46(27,6)47(21,7)17-28(48)52)65-39-37(60)34(57)38(25(20-51)64-39)66-40-35(58)32(55)30(53)23(18-49)62-40/h8,22-41,49-60H,9-20H2,1-7H3/t22-,23-,24-,25-,26-,27-,28-,29-,30-,31-,32+,33+,34-,35-,36-,37-,38+,39+,40+,41+,45-,46-,47-,48-/m1/s1. The van der Waals surface area contributed by atoms with Gasteiger partial charge in [0.25, 0.3) is 0 Å². The van der Waals surface area contributed by atoms with Crippen LogP contribution in [0.3, 0.4) is 0 Å². The Labute approximate surface area is 392 Å². The normalized spacial score (nSPS) is 53.8. The maximum Gasteiger partial charge on any atom is 0.317 e. The Balaban J connectivity index is 1.01. The van der Waals surface area contributed by atoms with Crippen LogP contribution in [0.15, 0.2) is 11.6 Å². The molecule has 0 bridgehead atoms. The molecule has 0 aromatic carbocycles. The zero-order valence-electron chi connectivity index (χ0n) is 39.8. The van der Waals surface area contributed by atoms with Gasteiger partial charge in [0.15, 0.2) is 12.6 Å². The molecule has 0 aromatic rings. The highest BCUT2D eigenvalue weighted by atomic mass is 16.7. The molecule has 0 aromatic heterocycles. The van der Waals surface area contributed by atoms with Gasteiger partial charge in [-0.15, -0.1) is 0 Å². The van der Waals surface area contributed by atoms with Gasteiger partial charge in [0.2, 0.25) is 6.29 Å². The first kappa shape index (κ1) is 51.9. The van der Waals surface area contributed by atoms with Gasteiger partial charge >= 0.3 is 5.97 Å². The topological polar surface area (TPSA) is 315 Å². The fraction of sp³-hybridized carbons (Fsp3) is 0.938. The monoisotopic (exact) mass is 959 g/mol. The minimum absolute atomic E-state index is 0.117. The van der Waals surface area contributed by atoms with Crippen LogP contribution in [0.2, 0.25) is 0 Å². The summed E-state index contributed by atoms with van der Waals surface area (Å²) in [5.41, 5.74) is -1.99. The molecular formula is C48H78O19. The van der Waals surface area contributed by atoms with E-state index in [9.17, 15) is 66.1 Å². The van der Waals surface area contributed by atoms with Crippen molar-refractivity contribution in [3.05, 3.63) is 11.6 Å². The number of aliphatic hydroxyl groups is 12. The molecule has 3 heterocycles. The molecule has 19 heteroatoms. The van der Waals surface area contributed by atoms with Crippen molar-refractivity contribution >= 4 is 5.97 Å². The zero-order valence-corrected chi connectivity index (χ0v) is 39.8. The second-order valence-electron chi connectivity index (χ2n) is 23.6. The molecule has 0 radical (unpaired) electrons. The Morgan fingerprint density at radius 1 is 0.612 bits per heavy atom. The van der Waals surface area contributed by atoms with E-state index in [2.05, 4.69) is 54.5 Å². The SMILES string of the molecule is CC1(C)CC[C@]2(C(=O)O[C@@H]3O[C@H](CO)[C@@H](O)[C@H](O)[C@H]3O)[C@H](O)C[C@]3(C)C(=CC[C@@H]4[C@]5(C)CC[C@@H](O[C@@H]6O[C@H](CO)[C@H](O[C@@H]7O[C@H](CO)[C@@H](O)[C@H](O)[C@H]7O)[C@H](O)[C@H]6O)C(C)(C)[C@H]5CC[C@]43C)[C@H]2C1. The van der Waals surface area contributed by atoms with Crippen molar-refractivity contribution < 1.29 is 94.5 Å². The molecular weight excluding hydrogens is 881 g/mol. The van der Waals surface area contributed by atoms with E-state index in [0.717, 1.165) is 31.3 Å². The number of aliphatic hydroxyl groups excluding tert-OH is 12. The van der Waals surface area contributed by atoms with Crippen molar-refractivity contribution in [1.29, 1.82) is 0 Å². The van der Waals surface area contributed by atoms with Crippen LogP contribution in [0.5, 0.6) is 0 Å². The lowest BCUT2D eigenvalue weighted by Crippen LogP contribution is -2.68. The number of fused-ring (bicyclic) bond motifs is 7. The summed E-state index contributed by atoms with van der Waals surface area (Å²) in [4.78, 5) is 14.7. The molecule has 3 saturated heterocycles. The average Bonchev–Trinajstić information content (AvgIpc) is 3.27. The molecule has 7 fully saturated rings. The van der Waals surface area contributed by atoms with E-state index < -0.39 is 152 Å². The summed E-state index contributed by atoms with van der Waals surface area (Å²) in [7, 11) is 0. The van der Waals surface area contributed by atoms with Crippen LogP contribution in [0.25, 0.3) is 0 Å². The smallest absolute Gasteiger partial charge is 0.317 e. The Hall–Kier alpha value is -1.47. The van der Waals surface area contributed by atoms with Crippen LogP contribution >= 0.6 is 0 Å². The number of ether oxygens (including phenoxy) is 6. The van der Waals surface area contributed by atoms with Crippen LogP contribution in [0.1, 0.15) is 106 Å². The maximum absolute atomic E-state index is 14.7. The lowest BCUT2D eigenvalue weighted by Gasteiger charge is -2.71. The highest BCUT2D eigenvalue weighted by Gasteiger charge is 2.72. The van der Waals surface area contributed by atoms with Crippen molar-refractivity contribution in [2.75, 3.05) is 19.8 Å². The molecule has 0 spiro atoms. The summed E-state index contributed by atoms with van der Waals surface area (Å²) in [5.74, 6) is -0.875. The van der Waals surface area contributed by atoms with Gasteiger partial charge in [-0.2, -0.15) is 0 Å². The number of esters is 1. The fourth-order valence-corrected chi connectivity index (χ4v) is 15.1. The second kappa shape index (κ2) is 18.2. The van der Waals surface area contributed by atoms with Crippen molar-refractivity contribution in [2.24, 2.45) is 50.2 Å². The Kier molecular flexibility index (Phi) is 14.1. The summed E-state index contributed by atoms with van der Waals surface area (Å²) in [6.07, 6.45) is -17.4. The van der Waals surface area contributed by atoms with Gasteiger partial charge in [-0.1, -0.05) is 60.1 Å². The minimum Gasteiger partial charge on any atom is -0.432 e. The van der Waals surface area contributed by atoms with E-state index in [4.69, 9.17) is 28.4 Å². The first-order chi connectivity index (χ1) is 31.3. The predicted octanol–water partition coefficient (Wildman–Crippen LogP) is -0.889. The van der Waals surface area contributed by atoms with E-state index >= 15 is 0 Å². The molecule has 8 aliphatic rings. The molecule has 24 atom stereocenters. The van der Waals surface area contributed by atoms with E-state index in [1.165, 1.54) is 0 Å². The molecule has 3 aliphatic heterocycles. The van der Waals surface area contributed by atoms with Crippen molar-refractivity contribution in [3.8, 4) is 0 Å². The molecule has 67 heavy (non-hydrogen) atoms. The van der Waals surface area contributed by atoms with Gasteiger partial charge in [0, 0.05) is 0 Å². The lowest BCUT2D eigenvalue weighted by molar-refractivity contribution is -0.368. The van der Waals surface area contributed by atoms with Crippen molar-refractivity contribution in [3.63, 3.8) is 0 Å². The number of carbonyl (C=O) groups excluding carboxylic acids is 1. The van der Waals surface area contributed by atoms with E-state index in [0.29, 0.717) is 25.7 Å². The highest BCUT2D eigenvalue weighted by Crippen LogP contribution is 2.76. The van der Waals surface area contributed by atoms with Gasteiger partial charge in [0.1, 0.15) is 78.7 Å². The molecule has 8 rings (SSSR count). The van der Waals surface area contributed by atoms with Gasteiger partial charge in [-0.05, 0) is 103 Å². The minimum atomic E-state index is -1.79. The summed E-state index contributed by atoms with van der Waals surface area (Å²) in [5, 5.41) is 128. The molecule has 0 unspecified atom stereocenters. The highest BCUT2D eigenvalue weighted by molar-refractivity contribution is 5.80. The third-order valence-corrected chi connectivity index (χ3v) is 19.3. The van der Waals surface area contributed by atoms with Gasteiger partial charge < -0.3 is 89.7 Å². The predicted molar refractivity (Wildman–Crippen MR) is 232 cm³/mol. The third-order valence-electron chi connectivity index (χ3n) is 19.3. The lowest BCUT2D eigenvalue weighted by atomic mass is 9.33. The van der Waals surface area contributed by atoms with Crippen LogP contribution in [-0.4, -0.2) is 191 Å². The second-order valence-corrected chi connectivity index (χ2v) is 23.6. The van der Waals surface area contributed by atoms with Crippen LogP contribution in [0.4, 0.5) is 0 Å². The molecule has 0 amide bonds. The summed E-state index contributed by atoms with van der Waals surface area (Å²) in [6, 6.07) is 0. The third kappa shape index (κ3) is 8.01.